The lowest BCUT2D eigenvalue weighted by atomic mass is 10.2. The van der Waals surface area contributed by atoms with Crippen molar-refractivity contribution in [1.82, 2.24) is 25.0 Å². The summed E-state index contributed by atoms with van der Waals surface area (Å²) in [6.45, 7) is 0. The Morgan fingerprint density at radius 3 is 2.83 bits per heavy atom. The van der Waals surface area contributed by atoms with Gasteiger partial charge >= 0.3 is 0 Å². The summed E-state index contributed by atoms with van der Waals surface area (Å²) in [7, 11) is 0. The molecule has 3 aromatic rings. The topological polar surface area (TPSA) is 59.4 Å². The average molecular weight is 325 g/mol. The van der Waals surface area contributed by atoms with Crippen molar-refractivity contribution in [3.8, 4) is 5.69 Å². The van der Waals surface area contributed by atoms with E-state index in [4.69, 9.17) is 10.1 Å². The van der Waals surface area contributed by atoms with Crippen molar-refractivity contribution in [1.29, 1.82) is 0 Å². The second-order valence-corrected chi connectivity index (χ2v) is 6.89. The number of H-pyrrole nitrogens is 1. The van der Waals surface area contributed by atoms with Gasteiger partial charge in [0.1, 0.15) is 5.82 Å². The third-order valence-electron chi connectivity index (χ3n) is 3.95. The van der Waals surface area contributed by atoms with Crippen molar-refractivity contribution in [3.05, 3.63) is 54.1 Å². The van der Waals surface area contributed by atoms with Crippen LogP contribution < -0.4 is 0 Å². The maximum atomic E-state index is 4.78. The molecule has 0 amide bonds. The molecule has 1 N–H and O–H groups in total. The van der Waals surface area contributed by atoms with Crippen LogP contribution in [-0.4, -0.2) is 30.7 Å². The van der Waals surface area contributed by atoms with Gasteiger partial charge in [0, 0.05) is 17.9 Å². The fourth-order valence-corrected chi connectivity index (χ4v) is 3.35. The maximum absolute atomic E-state index is 4.78. The van der Waals surface area contributed by atoms with E-state index >= 15 is 0 Å². The van der Waals surface area contributed by atoms with E-state index in [9.17, 15) is 0 Å². The van der Waals surface area contributed by atoms with Crippen molar-refractivity contribution in [2.75, 3.05) is 5.75 Å². The van der Waals surface area contributed by atoms with Crippen molar-refractivity contribution >= 4 is 11.8 Å². The van der Waals surface area contributed by atoms with Crippen molar-refractivity contribution in [2.24, 2.45) is 0 Å². The van der Waals surface area contributed by atoms with E-state index in [2.05, 4.69) is 22.3 Å². The number of hydrogen-bond acceptors (Lipinski definition) is 4. The van der Waals surface area contributed by atoms with Gasteiger partial charge in [0.2, 0.25) is 5.16 Å². The van der Waals surface area contributed by atoms with E-state index in [1.807, 2.05) is 35.3 Å². The zero-order chi connectivity index (χ0) is 15.5. The van der Waals surface area contributed by atoms with Gasteiger partial charge in [-0.1, -0.05) is 30.0 Å². The zero-order valence-corrected chi connectivity index (χ0v) is 13.7. The summed E-state index contributed by atoms with van der Waals surface area (Å²) in [6, 6.07) is 10.3. The lowest BCUT2D eigenvalue weighted by Crippen LogP contribution is -2.01. The Morgan fingerprint density at radius 1 is 1.22 bits per heavy atom. The fraction of sp³-hybridized carbons (Fsp3) is 0.353. The molecule has 0 saturated heterocycles. The fourth-order valence-electron chi connectivity index (χ4n) is 2.58. The summed E-state index contributed by atoms with van der Waals surface area (Å²) >= 11 is 1.74. The first-order valence-electron chi connectivity index (χ1n) is 8.03. The molecule has 2 heterocycles. The third kappa shape index (κ3) is 3.47. The minimum Gasteiger partial charge on any atom is -0.285 e. The van der Waals surface area contributed by atoms with Crippen LogP contribution in [0, 0.1) is 0 Å². The number of nitrogens with one attached hydrogen (secondary N) is 1. The molecule has 0 bridgehead atoms. The molecule has 23 heavy (non-hydrogen) atoms. The number of benzene rings is 1. The van der Waals surface area contributed by atoms with Gasteiger partial charge in [-0.25, -0.2) is 9.67 Å². The Bertz CT molecular complexity index is 747. The Balaban J connectivity index is 1.43. The molecule has 1 aromatic carbocycles. The molecule has 0 spiro atoms. The lowest BCUT2D eigenvalue weighted by Gasteiger charge is -2.03. The number of aromatic nitrogens is 5. The Labute approximate surface area is 139 Å². The number of para-hydroxylation sites is 1. The Hall–Kier alpha value is -2.08. The molecular formula is C17H19N5S. The third-order valence-corrected chi connectivity index (χ3v) is 4.88. The molecule has 2 aromatic heterocycles. The number of rotatable bonds is 7. The van der Waals surface area contributed by atoms with Gasteiger partial charge < -0.3 is 0 Å². The van der Waals surface area contributed by atoms with Gasteiger partial charge in [-0.3, -0.25) is 5.10 Å². The van der Waals surface area contributed by atoms with E-state index in [-0.39, 0.29) is 0 Å². The first kappa shape index (κ1) is 14.5. The summed E-state index contributed by atoms with van der Waals surface area (Å²) in [5.41, 5.74) is 2.36. The zero-order valence-electron chi connectivity index (χ0n) is 12.9. The molecule has 0 unspecified atom stereocenters. The molecule has 1 aliphatic carbocycles. The SMILES string of the molecule is c1ccc(-n2nc(SCCCc3cn[nH]c3)nc2C2CC2)cc1. The summed E-state index contributed by atoms with van der Waals surface area (Å²) < 4.78 is 2.02. The quantitative estimate of drug-likeness (QED) is 0.533. The molecule has 1 saturated carbocycles. The Kier molecular flexibility index (Phi) is 4.15. The molecule has 0 atom stereocenters. The second kappa shape index (κ2) is 6.58. The number of nitrogens with zero attached hydrogens (tertiary/aromatic N) is 4. The number of hydrogen-bond donors (Lipinski definition) is 1. The molecule has 1 aliphatic rings. The number of thioether (sulfide) groups is 1. The van der Waals surface area contributed by atoms with Gasteiger partial charge in [-0.05, 0) is 43.4 Å². The van der Waals surface area contributed by atoms with E-state index in [0.29, 0.717) is 5.92 Å². The van der Waals surface area contributed by atoms with E-state index in [1.54, 1.807) is 11.8 Å². The highest BCUT2D eigenvalue weighted by molar-refractivity contribution is 7.99. The minimum absolute atomic E-state index is 0.586. The molecule has 1 fully saturated rings. The lowest BCUT2D eigenvalue weighted by molar-refractivity contribution is 0.782. The van der Waals surface area contributed by atoms with Gasteiger partial charge in [-0.2, -0.15) is 5.10 Å². The summed E-state index contributed by atoms with van der Waals surface area (Å²) in [6.07, 6.45) is 8.45. The summed E-state index contributed by atoms with van der Waals surface area (Å²) in [5.74, 6) is 2.73. The van der Waals surface area contributed by atoms with E-state index in [1.165, 1.54) is 18.4 Å². The van der Waals surface area contributed by atoms with Crippen molar-refractivity contribution in [3.63, 3.8) is 0 Å². The van der Waals surface area contributed by atoms with Gasteiger partial charge in [0.25, 0.3) is 0 Å². The number of aromatic amines is 1. The molecule has 6 heteroatoms. The van der Waals surface area contributed by atoms with Crippen LogP contribution in [0.1, 0.15) is 36.6 Å². The van der Waals surface area contributed by atoms with E-state index in [0.717, 1.165) is 35.3 Å². The smallest absolute Gasteiger partial charge is 0.209 e. The number of aryl methyl sites for hydroxylation is 1. The van der Waals surface area contributed by atoms with Gasteiger partial charge in [-0.15, -0.1) is 5.10 Å². The first-order chi connectivity index (χ1) is 11.4. The monoisotopic (exact) mass is 325 g/mol. The van der Waals surface area contributed by atoms with Crippen LogP contribution in [0.4, 0.5) is 0 Å². The van der Waals surface area contributed by atoms with Crippen LogP contribution >= 0.6 is 11.8 Å². The second-order valence-electron chi connectivity index (χ2n) is 5.83. The maximum Gasteiger partial charge on any atom is 0.209 e. The molecule has 5 nitrogen and oxygen atoms in total. The highest BCUT2D eigenvalue weighted by Gasteiger charge is 2.30. The molecule has 118 valence electrons. The van der Waals surface area contributed by atoms with Crippen LogP contribution in [-0.2, 0) is 6.42 Å². The van der Waals surface area contributed by atoms with Gasteiger partial charge in [0.05, 0.1) is 11.9 Å². The van der Waals surface area contributed by atoms with Crippen LogP contribution in [0.5, 0.6) is 0 Å². The average Bonchev–Trinajstić information content (AvgIpc) is 3.14. The van der Waals surface area contributed by atoms with Gasteiger partial charge in [0.15, 0.2) is 0 Å². The van der Waals surface area contributed by atoms with E-state index < -0.39 is 0 Å². The standard InChI is InChI=1S/C17H19N5S/c1-2-6-15(7-3-1)22-16(14-8-9-14)20-17(21-22)23-10-4-5-13-11-18-19-12-13/h1-3,6-7,11-12,14H,4-5,8-10H2,(H,18,19). The van der Waals surface area contributed by atoms with Crippen LogP contribution in [0.25, 0.3) is 5.69 Å². The molecule has 0 aliphatic heterocycles. The highest BCUT2D eigenvalue weighted by atomic mass is 32.2. The molecular weight excluding hydrogens is 306 g/mol. The minimum atomic E-state index is 0.586. The normalized spacial score (nSPS) is 14.3. The van der Waals surface area contributed by atoms with Crippen molar-refractivity contribution in [2.45, 2.75) is 36.8 Å². The summed E-state index contributed by atoms with van der Waals surface area (Å²) in [5, 5.41) is 12.4. The summed E-state index contributed by atoms with van der Waals surface area (Å²) in [4.78, 5) is 4.78. The highest BCUT2D eigenvalue weighted by Crippen LogP contribution is 2.40. The Morgan fingerprint density at radius 2 is 2.09 bits per heavy atom. The van der Waals surface area contributed by atoms with Crippen LogP contribution in [0.15, 0.2) is 47.9 Å². The molecule has 4 rings (SSSR count). The van der Waals surface area contributed by atoms with Crippen molar-refractivity contribution < 1.29 is 0 Å². The predicted molar refractivity (Wildman–Crippen MR) is 91.0 cm³/mol. The first-order valence-corrected chi connectivity index (χ1v) is 9.01. The predicted octanol–water partition coefficient (Wildman–Crippen LogP) is 3.59. The molecule has 0 radical (unpaired) electrons. The largest absolute Gasteiger partial charge is 0.285 e. The van der Waals surface area contributed by atoms with Crippen LogP contribution in [0.2, 0.25) is 0 Å². The van der Waals surface area contributed by atoms with Crippen LogP contribution in [0.3, 0.4) is 0 Å².